The number of ether oxygens (including phenoxy) is 1. The molecule has 0 amide bonds. The van der Waals surface area contributed by atoms with E-state index < -0.39 is 76.5 Å². The Labute approximate surface area is 252 Å². The molecule has 2 atom stereocenters. The fourth-order valence-electron chi connectivity index (χ4n) is 4.92. The Morgan fingerprint density at radius 2 is 1.64 bits per heavy atom. The van der Waals surface area contributed by atoms with E-state index in [1.54, 1.807) is 66.7 Å². The summed E-state index contributed by atoms with van der Waals surface area (Å²) in [6.45, 7) is -0.506. The van der Waals surface area contributed by atoms with Crippen LogP contribution in [0, 0.1) is 10.1 Å². The number of hydrogen-bond donors (Lipinski definition) is 1. The Bertz CT molecular complexity index is 1660. The van der Waals surface area contributed by atoms with E-state index in [2.05, 4.69) is 20.5 Å². The average Bonchev–Trinajstić information content (AvgIpc) is 3.48. The van der Waals surface area contributed by atoms with E-state index in [0.29, 0.717) is 5.56 Å². The van der Waals surface area contributed by atoms with Crippen LogP contribution in [0.2, 0.25) is 0 Å². The van der Waals surface area contributed by atoms with Gasteiger partial charge in [0.2, 0.25) is 11.3 Å². The van der Waals surface area contributed by atoms with Gasteiger partial charge in [-0.2, -0.15) is 26.3 Å². The van der Waals surface area contributed by atoms with Crippen molar-refractivity contribution < 1.29 is 40.4 Å². The van der Waals surface area contributed by atoms with Gasteiger partial charge >= 0.3 is 18.0 Å². The number of hydrogen-bond acceptors (Lipinski definition) is 8. The molecule has 2 aromatic carbocycles. The van der Waals surface area contributed by atoms with Gasteiger partial charge in [-0.3, -0.25) is 10.1 Å². The zero-order valence-corrected chi connectivity index (χ0v) is 23.3. The van der Waals surface area contributed by atoms with Crippen LogP contribution in [0.3, 0.4) is 0 Å². The van der Waals surface area contributed by atoms with Crippen LogP contribution in [-0.2, 0) is 29.5 Å². The number of anilines is 1. The summed E-state index contributed by atoms with van der Waals surface area (Å²) in [5, 5.41) is 21.8. The number of nitrogens with zero attached hydrogens (tertiary/aromatic N) is 4. The SMILES string of the molecule is O=[N+]([O-])c1cc(C(F)(F)F)c2nc1-c1nnc(o1)[C@@](OCc1ccccc1)(C(F)(F)F)CCC=CCC(Cc1ccccc1)N2. The van der Waals surface area contributed by atoms with Crippen molar-refractivity contribution in [3.8, 4) is 11.6 Å². The van der Waals surface area contributed by atoms with Crippen molar-refractivity contribution >= 4 is 11.5 Å². The lowest BCUT2D eigenvalue weighted by molar-refractivity contribution is -0.384. The van der Waals surface area contributed by atoms with Crippen molar-refractivity contribution in [3.05, 3.63) is 112 Å². The summed E-state index contributed by atoms with van der Waals surface area (Å²) < 4.78 is 98.1. The highest BCUT2D eigenvalue weighted by Gasteiger charge is 2.61. The predicted octanol–water partition coefficient (Wildman–Crippen LogP) is 7.80. The van der Waals surface area contributed by atoms with Crippen molar-refractivity contribution in [2.24, 2.45) is 0 Å². The number of allylic oxidation sites excluding steroid dienone is 1. The van der Waals surface area contributed by atoms with Crippen molar-refractivity contribution in [2.75, 3.05) is 5.32 Å². The van der Waals surface area contributed by atoms with Gasteiger partial charge in [-0.05, 0) is 36.8 Å². The monoisotopic (exact) mass is 633 g/mol. The van der Waals surface area contributed by atoms with Crippen LogP contribution >= 0.6 is 0 Å². The third kappa shape index (κ3) is 6.98. The number of nitro groups is 1. The molecule has 4 bridgehead atoms. The lowest BCUT2D eigenvalue weighted by Gasteiger charge is -2.32. The Morgan fingerprint density at radius 3 is 2.27 bits per heavy atom. The van der Waals surface area contributed by atoms with Crippen molar-refractivity contribution in [1.82, 2.24) is 15.2 Å². The molecule has 236 valence electrons. The molecule has 3 heterocycles. The minimum Gasteiger partial charge on any atom is -0.415 e. The van der Waals surface area contributed by atoms with Crippen LogP contribution in [0.25, 0.3) is 11.6 Å². The Hall–Kier alpha value is -4.79. The molecule has 0 spiro atoms. The zero-order valence-electron chi connectivity index (χ0n) is 23.3. The summed E-state index contributed by atoms with van der Waals surface area (Å²) in [5.74, 6) is -2.73. The highest BCUT2D eigenvalue weighted by Crippen LogP contribution is 2.47. The van der Waals surface area contributed by atoms with E-state index in [0.717, 1.165) is 5.56 Å². The Morgan fingerprint density at radius 1 is 0.978 bits per heavy atom. The predicted molar refractivity (Wildman–Crippen MR) is 149 cm³/mol. The molecule has 1 aliphatic rings. The maximum atomic E-state index is 14.9. The summed E-state index contributed by atoms with van der Waals surface area (Å²) in [5.41, 5.74) is -5.45. The van der Waals surface area contributed by atoms with Gasteiger partial charge in [0.1, 0.15) is 11.4 Å². The fourth-order valence-corrected chi connectivity index (χ4v) is 4.92. The van der Waals surface area contributed by atoms with Crippen LogP contribution in [0.1, 0.15) is 41.8 Å². The Balaban J connectivity index is 1.67. The quantitative estimate of drug-likeness (QED) is 0.0990. The second kappa shape index (κ2) is 12.7. The molecule has 0 saturated heterocycles. The fraction of sp³-hybridized carbons (Fsp3) is 0.300. The minimum absolute atomic E-state index is 0.0858. The normalized spacial score (nSPS) is 19.0. The maximum absolute atomic E-state index is 14.9. The van der Waals surface area contributed by atoms with Gasteiger partial charge in [-0.1, -0.05) is 72.8 Å². The molecule has 1 N–H and O–H groups in total. The highest BCUT2D eigenvalue weighted by molar-refractivity contribution is 5.68. The molecule has 9 nitrogen and oxygen atoms in total. The van der Waals surface area contributed by atoms with E-state index in [9.17, 15) is 36.5 Å². The number of halogens is 6. The third-order valence-corrected chi connectivity index (χ3v) is 7.18. The van der Waals surface area contributed by atoms with Crippen molar-refractivity contribution in [3.63, 3.8) is 0 Å². The molecule has 2 aromatic heterocycles. The molecular weight excluding hydrogens is 608 g/mol. The van der Waals surface area contributed by atoms with E-state index in [-0.39, 0.29) is 25.3 Å². The summed E-state index contributed by atoms with van der Waals surface area (Å²) in [7, 11) is 0. The van der Waals surface area contributed by atoms with Crippen LogP contribution in [0.4, 0.5) is 37.8 Å². The highest BCUT2D eigenvalue weighted by atomic mass is 19.4. The number of aromatic nitrogens is 3. The third-order valence-electron chi connectivity index (χ3n) is 7.18. The molecule has 4 aromatic rings. The first kappa shape index (κ1) is 31.6. The summed E-state index contributed by atoms with van der Waals surface area (Å²) >= 11 is 0. The summed E-state index contributed by atoms with van der Waals surface area (Å²) in [6.07, 6.45) is -7.78. The maximum Gasteiger partial charge on any atom is 0.426 e. The van der Waals surface area contributed by atoms with Crippen molar-refractivity contribution in [1.29, 1.82) is 0 Å². The van der Waals surface area contributed by atoms with Crippen LogP contribution in [-0.4, -0.2) is 32.3 Å². The first-order chi connectivity index (χ1) is 21.4. The van der Waals surface area contributed by atoms with Gasteiger partial charge in [-0.25, -0.2) is 4.98 Å². The van der Waals surface area contributed by atoms with Crippen LogP contribution in [0.15, 0.2) is 83.3 Å². The van der Waals surface area contributed by atoms with Gasteiger partial charge in [0, 0.05) is 12.1 Å². The number of fused-ring (bicyclic) bond motifs is 5. The van der Waals surface area contributed by atoms with Crippen LogP contribution in [0.5, 0.6) is 0 Å². The first-order valence-electron chi connectivity index (χ1n) is 13.7. The number of alkyl halides is 6. The number of pyridine rings is 1. The summed E-state index contributed by atoms with van der Waals surface area (Å²) in [6, 6.07) is 16.3. The number of benzene rings is 2. The number of nitrogens with one attached hydrogen (secondary N) is 1. The molecule has 0 fully saturated rings. The smallest absolute Gasteiger partial charge is 0.415 e. The molecule has 5 rings (SSSR count). The second-order valence-electron chi connectivity index (χ2n) is 10.3. The van der Waals surface area contributed by atoms with Gasteiger partial charge in [-0.15, -0.1) is 10.2 Å². The van der Waals surface area contributed by atoms with E-state index >= 15 is 0 Å². The zero-order chi connectivity index (χ0) is 32.2. The molecule has 45 heavy (non-hydrogen) atoms. The first-order valence-corrected chi connectivity index (χ1v) is 13.7. The average molecular weight is 634 g/mol. The Kier molecular flexibility index (Phi) is 8.91. The number of rotatable bonds is 6. The molecule has 15 heteroatoms. The van der Waals surface area contributed by atoms with Gasteiger partial charge in [0.05, 0.1) is 11.5 Å². The second-order valence-corrected chi connectivity index (χ2v) is 10.3. The van der Waals surface area contributed by atoms with Gasteiger partial charge < -0.3 is 14.5 Å². The summed E-state index contributed by atoms with van der Waals surface area (Å²) in [4.78, 5) is 14.6. The molecule has 0 aliphatic carbocycles. The lowest BCUT2D eigenvalue weighted by Crippen LogP contribution is -2.45. The van der Waals surface area contributed by atoms with E-state index in [1.807, 2.05) is 0 Å². The molecule has 0 radical (unpaired) electrons. The molecule has 0 saturated carbocycles. The molecule has 1 aliphatic heterocycles. The topological polar surface area (TPSA) is 116 Å². The van der Waals surface area contributed by atoms with E-state index in [1.165, 1.54) is 6.08 Å². The van der Waals surface area contributed by atoms with E-state index in [4.69, 9.17) is 9.15 Å². The largest absolute Gasteiger partial charge is 0.426 e. The lowest BCUT2D eigenvalue weighted by atomic mass is 9.95. The molecular formula is C30H25F6N5O4. The van der Waals surface area contributed by atoms with Crippen LogP contribution < -0.4 is 5.32 Å². The minimum atomic E-state index is -5.11. The van der Waals surface area contributed by atoms with Gasteiger partial charge in [0.25, 0.3) is 11.8 Å². The van der Waals surface area contributed by atoms with Crippen molar-refractivity contribution in [2.45, 2.75) is 56.3 Å². The molecule has 1 unspecified atom stereocenters. The van der Waals surface area contributed by atoms with Gasteiger partial charge in [0.15, 0.2) is 0 Å². The standard InChI is InChI=1S/C30H25F6N5O4/c31-29(32,33)22-17-23(41(42)43)24-26-39-40-27(45-26)28(30(34,35)36,44-18-20-12-6-2-7-13-20)15-9-3-8-14-21(37-25(22)38-24)16-19-10-4-1-5-11-19/h1-8,10-13,17,21H,9,14-16,18H2,(H,37,38)/t21?,28-/m1/s1.